The van der Waals surface area contributed by atoms with Crippen LogP contribution in [0.4, 0.5) is 14.5 Å². The molecule has 1 aliphatic heterocycles. The first-order valence-corrected chi connectivity index (χ1v) is 8.66. The second kappa shape index (κ2) is 7.52. The monoisotopic (exact) mass is 376 g/mol. The van der Waals surface area contributed by atoms with Gasteiger partial charge in [0.25, 0.3) is 17.5 Å². The van der Waals surface area contributed by atoms with Gasteiger partial charge in [0.1, 0.15) is 11.3 Å². The number of nitro groups is 1. The molecule has 1 heterocycles. The van der Waals surface area contributed by atoms with Crippen molar-refractivity contribution in [2.75, 3.05) is 33.1 Å². The zero-order chi connectivity index (χ0) is 18.8. The number of nitro benzene ring substituents is 1. The smallest absolute Gasteiger partial charge is 0.285 e. The van der Waals surface area contributed by atoms with Crippen LogP contribution in [-0.2, 0) is 0 Å². The minimum Gasteiger partial charge on any atom is -0.495 e. The summed E-state index contributed by atoms with van der Waals surface area (Å²) in [5.74, 6) is -4.91. The third-order valence-corrected chi connectivity index (χ3v) is 4.95. The van der Waals surface area contributed by atoms with Crippen molar-refractivity contribution >= 4 is 23.4 Å². The predicted octanol–water partition coefficient (Wildman–Crippen LogP) is 2.42. The summed E-state index contributed by atoms with van der Waals surface area (Å²) >= 11 is 1.25. The van der Waals surface area contributed by atoms with Crippen LogP contribution in [0.15, 0.2) is 17.0 Å². The highest BCUT2D eigenvalue weighted by atomic mass is 32.2. The summed E-state index contributed by atoms with van der Waals surface area (Å²) in [6.45, 7) is -1.36. The minimum absolute atomic E-state index is 0.183. The molecule has 1 amide bonds. The zero-order valence-electron chi connectivity index (χ0n) is 13.7. The van der Waals surface area contributed by atoms with E-state index < -0.39 is 41.4 Å². The summed E-state index contributed by atoms with van der Waals surface area (Å²) in [7, 11) is 1.36. The minimum atomic E-state index is -3.07. The van der Waals surface area contributed by atoms with Gasteiger partial charge in [0.2, 0.25) is 0 Å². The normalized spacial score (nSPS) is 19.6. The van der Waals surface area contributed by atoms with Crippen LogP contribution < -0.4 is 4.74 Å². The fourth-order valence-corrected chi connectivity index (χ4v) is 3.29. The molecule has 1 atom stereocenters. The van der Waals surface area contributed by atoms with E-state index in [1.807, 2.05) is 0 Å². The summed E-state index contributed by atoms with van der Waals surface area (Å²) in [5, 5.41) is 20.5. The third kappa shape index (κ3) is 3.84. The Balaban J connectivity index is 2.40. The fourth-order valence-electron chi connectivity index (χ4n) is 2.72. The van der Waals surface area contributed by atoms with Crippen molar-refractivity contribution in [3.8, 4) is 5.75 Å². The second-order valence-corrected chi connectivity index (χ2v) is 6.47. The summed E-state index contributed by atoms with van der Waals surface area (Å²) in [5.41, 5.74) is -0.630. The number of likely N-dealkylation sites (tertiary alicyclic amines) is 1. The molecule has 1 fully saturated rings. The summed E-state index contributed by atoms with van der Waals surface area (Å²) in [6, 6.07) is 2.49. The van der Waals surface area contributed by atoms with Crippen LogP contribution in [0.25, 0.3) is 0 Å². The molecule has 1 aromatic carbocycles. The number of benzene rings is 1. The quantitative estimate of drug-likeness (QED) is 0.482. The molecule has 1 saturated heterocycles. The van der Waals surface area contributed by atoms with Gasteiger partial charge in [-0.05, 0) is 12.3 Å². The van der Waals surface area contributed by atoms with E-state index in [1.54, 1.807) is 6.26 Å². The first kappa shape index (κ1) is 19.4. The first-order valence-electron chi connectivity index (χ1n) is 7.43. The Hall–Kier alpha value is -1.94. The number of halogens is 2. The number of aliphatic hydroxyl groups is 1. The van der Waals surface area contributed by atoms with Gasteiger partial charge in [0, 0.05) is 19.5 Å². The molecule has 0 spiro atoms. The van der Waals surface area contributed by atoms with Crippen LogP contribution in [-0.4, -0.2) is 59.8 Å². The highest BCUT2D eigenvalue weighted by Gasteiger charge is 2.45. The van der Waals surface area contributed by atoms with Crippen molar-refractivity contribution < 1.29 is 28.3 Å². The highest BCUT2D eigenvalue weighted by Crippen LogP contribution is 2.37. The van der Waals surface area contributed by atoms with Crippen molar-refractivity contribution in [1.82, 2.24) is 4.90 Å². The summed E-state index contributed by atoms with van der Waals surface area (Å²) in [4.78, 5) is 25.0. The van der Waals surface area contributed by atoms with Gasteiger partial charge in [-0.3, -0.25) is 14.9 Å². The molecule has 0 bridgehead atoms. The lowest BCUT2D eigenvalue weighted by molar-refractivity contribution is -0.385. The van der Waals surface area contributed by atoms with Gasteiger partial charge in [-0.25, -0.2) is 8.78 Å². The van der Waals surface area contributed by atoms with Crippen LogP contribution in [0.3, 0.4) is 0 Å². The van der Waals surface area contributed by atoms with Gasteiger partial charge < -0.3 is 14.7 Å². The number of ether oxygens (including phenoxy) is 1. The summed E-state index contributed by atoms with van der Waals surface area (Å²) in [6.07, 6.45) is 1.13. The van der Waals surface area contributed by atoms with Gasteiger partial charge in [-0.1, -0.05) is 0 Å². The molecule has 1 aliphatic rings. The standard InChI is InChI=1S/C15H18F2N2O5S/c1-24-12-6-11(19(22)23)10(5-13(12)25-2)14(21)18-4-3-15(16,17)9(7-18)8-20/h5-6,9,20H,3-4,7-8H2,1-2H3. The van der Waals surface area contributed by atoms with Gasteiger partial charge in [0.05, 0.1) is 35.5 Å². The molecule has 0 saturated carbocycles. The molecular weight excluding hydrogens is 358 g/mol. The molecule has 1 aromatic rings. The number of carbonyl (C=O) groups is 1. The molecule has 10 heteroatoms. The van der Waals surface area contributed by atoms with Crippen molar-refractivity contribution in [3.05, 3.63) is 27.8 Å². The number of amides is 1. The molecule has 25 heavy (non-hydrogen) atoms. The molecule has 1 unspecified atom stereocenters. The molecule has 0 aromatic heterocycles. The number of rotatable bonds is 5. The number of aliphatic hydroxyl groups excluding tert-OH is 1. The number of hydrogen-bond acceptors (Lipinski definition) is 6. The largest absolute Gasteiger partial charge is 0.495 e. The maximum atomic E-state index is 13.7. The molecule has 138 valence electrons. The van der Waals surface area contributed by atoms with Gasteiger partial charge in [-0.2, -0.15) is 0 Å². The molecule has 2 rings (SSSR count). The average molecular weight is 376 g/mol. The number of methoxy groups -OCH3 is 1. The summed E-state index contributed by atoms with van der Waals surface area (Å²) < 4.78 is 32.5. The van der Waals surface area contributed by atoms with Crippen LogP contribution >= 0.6 is 11.8 Å². The van der Waals surface area contributed by atoms with Crippen LogP contribution in [0.1, 0.15) is 16.8 Å². The Labute approximate surface area is 147 Å². The Bertz CT molecular complexity index is 686. The van der Waals surface area contributed by atoms with Gasteiger partial charge >= 0.3 is 0 Å². The molecule has 1 N–H and O–H groups in total. The van der Waals surface area contributed by atoms with E-state index in [4.69, 9.17) is 9.84 Å². The molecule has 0 aliphatic carbocycles. The maximum Gasteiger partial charge on any atom is 0.285 e. The molecular formula is C15H18F2N2O5S. The van der Waals surface area contributed by atoms with Crippen molar-refractivity contribution in [2.45, 2.75) is 17.2 Å². The topological polar surface area (TPSA) is 92.9 Å². The predicted molar refractivity (Wildman–Crippen MR) is 87.5 cm³/mol. The zero-order valence-corrected chi connectivity index (χ0v) is 14.5. The van der Waals surface area contributed by atoms with E-state index in [0.29, 0.717) is 4.90 Å². The maximum absolute atomic E-state index is 13.7. The number of thioether (sulfide) groups is 1. The molecule has 0 radical (unpaired) electrons. The van der Waals surface area contributed by atoms with Crippen molar-refractivity contribution in [3.63, 3.8) is 0 Å². The number of piperidine rings is 1. The van der Waals surface area contributed by atoms with Gasteiger partial charge in [-0.15, -0.1) is 11.8 Å². The van der Waals surface area contributed by atoms with E-state index in [9.17, 15) is 23.7 Å². The number of alkyl halides is 2. The molecule has 7 nitrogen and oxygen atoms in total. The second-order valence-electron chi connectivity index (χ2n) is 5.62. The first-order chi connectivity index (χ1) is 11.7. The number of carbonyl (C=O) groups excluding carboxylic acids is 1. The van der Waals surface area contributed by atoms with E-state index >= 15 is 0 Å². The lowest BCUT2D eigenvalue weighted by Crippen LogP contribution is -2.50. The number of nitrogens with zero attached hydrogens (tertiary/aromatic N) is 2. The highest BCUT2D eigenvalue weighted by molar-refractivity contribution is 7.98. The lowest BCUT2D eigenvalue weighted by Gasteiger charge is -2.37. The van der Waals surface area contributed by atoms with Crippen LogP contribution in [0, 0.1) is 16.0 Å². The SMILES string of the molecule is COc1cc([N+](=O)[O-])c(C(=O)N2CCC(F)(F)C(CO)C2)cc1SC. The van der Waals surface area contributed by atoms with Crippen molar-refractivity contribution in [1.29, 1.82) is 0 Å². The number of hydrogen-bond donors (Lipinski definition) is 1. The average Bonchev–Trinajstić information content (AvgIpc) is 2.59. The van der Waals surface area contributed by atoms with E-state index in [2.05, 4.69) is 0 Å². The van der Waals surface area contributed by atoms with E-state index in [1.165, 1.54) is 24.9 Å². The van der Waals surface area contributed by atoms with E-state index in [-0.39, 0.29) is 24.4 Å². The Morgan fingerprint density at radius 2 is 2.24 bits per heavy atom. The Morgan fingerprint density at radius 1 is 1.56 bits per heavy atom. The van der Waals surface area contributed by atoms with Crippen molar-refractivity contribution in [2.24, 2.45) is 5.92 Å². The van der Waals surface area contributed by atoms with Gasteiger partial charge in [0.15, 0.2) is 0 Å². The van der Waals surface area contributed by atoms with Crippen LogP contribution in [0.5, 0.6) is 5.75 Å². The van der Waals surface area contributed by atoms with E-state index in [0.717, 1.165) is 11.0 Å². The lowest BCUT2D eigenvalue weighted by atomic mass is 9.93. The van der Waals surface area contributed by atoms with Crippen LogP contribution in [0.2, 0.25) is 0 Å². The third-order valence-electron chi connectivity index (χ3n) is 4.19. The Morgan fingerprint density at radius 3 is 2.76 bits per heavy atom. The fraction of sp³-hybridized carbons (Fsp3) is 0.533. The Kier molecular flexibility index (Phi) is 5.83.